The third-order valence-electron chi connectivity index (χ3n) is 4.38. The van der Waals surface area contributed by atoms with Gasteiger partial charge in [0, 0.05) is 39.1 Å². The Kier molecular flexibility index (Phi) is 5.70. The molecule has 1 N–H and O–H groups in total. The maximum Gasteiger partial charge on any atom is 0.416 e. The van der Waals surface area contributed by atoms with E-state index in [4.69, 9.17) is 4.74 Å². The summed E-state index contributed by atoms with van der Waals surface area (Å²) in [5.41, 5.74) is -0.491. The zero-order chi connectivity index (χ0) is 17.1. The van der Waals surface area contributed by atoms with Crippen LogP contribution >= 0.6 is 0 Å². The lowest BCUT2D eigenvalue weighted by atomic mass is 9.93. The van der Waals surface area contributed by atoms with Crippen molar-refractivity contribution < 1.29 is 23.0 Å². The summed E-state index contributed by atoms with van der Waals surface area (Å²) in [5.74, 6) is 0.0886. The largest absolute Gasteiger partial charge is 0.416 e. The number of hydrogen-bond acceptors (Lipinski definition) is 3. The van der Waals surface area contributed by atoms with Crippen molar-refractivity contribution >= 4 is 0 Å². The van der Waals surface area contributed by atoms with Gasteiger partial charge in [0.05, 0.1) is 11.2 Å². The van der Waals surface area contributed by atoms with Gasteiger partial charge in [0.15, 0.2) is 0 Å². The van der Waals surface area contributed by atoms with Crippen LogP contribution in [-0.2, 0) is 10.9 Å². The van der Waals surface area contributed by atoms with Crippen LogP contribution in [0.4, 0.5) is 13.2 Å². The van der Waals surface area contributed by atoms with E-state index in [-0.39, 0.29) is 5.92 Å². The summed E-state index contributed by atoms with van der Waals surface area (Å²) in [5, 5.41) is 10.5. The van der Waals surface area contributed by atoms with E-state index in [0.717, 1.165) is 17.7 Å². The number of hydrogen-bond donors (Lipinski definition) is 1. The lowest BCUT2D eigenvalue weighted by molar-refractivity contribution is -0.137. The minimum absolute atomic E-state index is 0.0886. The van der Waals surface area contributed by atoms with Gasteiger partial charge in [-0.15, -0.1) is 0 Å². The topological polar surface area (TPSA) is 32.7 Å². The molecule has 1 fully saturated rings. The van der Waals surface area contributed by atoms with E-state index in [1.807, 2.05) is 18.9 Å². The van der Waals surface area contributed by atoms with Crippen LogP contribution in [-0.4, -0.2) is 49.0 Å². The fourth-order valence-electron chi connectivity index (χ4n) is 3.05. The summed E-state index contributed by atoms with van der Waals surface area (Å²) in [6, 6.07) is 5.31. The van der Waals surface area contributed by atoms with Crippen molar-refractivity contribution in [3.8, 4) is 0 Å². The molecule has 1 saturated heterocycles. The monoisotopic (exact) mass is 331 g/mol. The number of ether oxygens (including phenoxy) is 1. The fourth-order valence-corrected chi connectivity index (χ4v) is 3.05. The zero-order valence-electron chi connectivity index (χ0n) is 13.6. The van der Waals surface area contributed by atoms with Gasteiger partial charge in [0.25, 0.3) is 0 Å². The molecule has 130 valence electrons. The first-order valence-electron chi connectivity index (χ1n) is 7.85. The predicted molar refractivity (Wildman–Crippen MR) is 82.4 cm³/mol. The van der Waals surface area contributed by atoms with E-state index in [1.54, 1.807) is 0 Å². The molecular formula is C17H24F3NO2. The fraction of sp³-hybridized carbons (Fsp3) is 0.647. The molecule has 1 atom stereocenters. The Morgan fingerprint density at radius 1 is 1.22 bits per heavy atom. The maximum absolute atomic E-state index is 12.6. The summed E-state index contributed by atoms with van der Waals surface area (Å²) in [4.78, 5) is 2.04. The van der Waals surface area contributed by atoms with Crippen LogP contribution < -0.4 is 0 Å². The first-order chi connectivity index (χ1) is 10.7. The number of rotatable bonds is 5. The van der Waals surface area contributed by atoms with Crippen molar-refractivity contribution in [3.63, 3.8) is 0 Å². The minimum Gasteiger partial charge on any atom is -0.388 e. The van der Waals surface area contributed by atoms with Crippen LogP contribution in [0.1, 0.15) is 36.8 Å². The van der Waals surface area contributed by atoms with E-state index >= 15 is 0 Å². The highest BCUT2D eigenvalue weighted by atomic mass is 19.4. The van der Waals surface area contributed by atoms with Gasteiger partial charge in [-0.05, 0) is 30.7 Å². The first-order valence-corrected chi connectivity index (χ1v) is 7.85. The number of nitrogens with zero attached hydrogens (tertiary/aromatic N) is 1. The number of alkyl halides is 3. The third kappa shape index (κ3) is 5.19. The summed E-state index contributed by atoms with van der Waals surface area (Å²) in [6.07, 6.45) is -3.07. The highest BCUT2D eigenvalue weighted by molar-refractivity contribution is 5.27. The van der Waals surface area contributed by atoms with Crippen LogP contribution in [0.5, 0.6) is 0 Å². The molecule has 1 aromatic carbocycles. The summed E-state index contributed by atoms with van der Waals surface area (Å²) in [7, 11) is 1.92. The van der Waals surface area contributed by atoms with Crippen molar-refractivity contribution in [2.75, 3.05) is 33.4 Å². The smallest absolute Gasteiger partial charge is 0.388 e. The van der Waals surface area contributed by atoms with E-state index in [9.17, 15) is 18.3 Å². The molecule has 1 aromatic rings. The number of halogens is 3. The predicted octanol–water partition coefficient (Wildman–Crippen LogP) is 3.28. The van der Waals surface area contributed by atoms with Gasteiger partial charge in [0.1, 0.15) is 0 Å². The molecule has 2 rings (SSSR count). The Balaban J connectivity index is 1.91. The molecule has 0 spiro atoms. The molecule has 6 heteroatoms. The van der Waals surface area contributed by atoms with E-state index < -0.39 is 17.3 Å². The van der Waals surface area contributed by atoms with Crippen molar-refractivity contribution in [2.45, 2.75) is 37.5 Å². The van der Waals surface area contributed by atoms with Crippen molar-refractivity contribution in [3.05, 3.63) is 35.4 Å². The minimum atomic E-state index is -4.30. The second-order valence-corrected chi connectivity index (χ2v) is 6.55. The normalized spacial score (nSPS) is 19.8. The molecule has 0 unspecified atom stereocenters. The van der Waals surface area contributed by atoms with Gasteiger partial charge >= 0.3 is 6.18 Å². The van der Waals surface area contributed by atoms with Gasteiger partial charge < -0.3 is 14.7 Å². The average molecular weight is 331 g/mol. The maximum atomic E-state index is 12.6. The average Bonchev–Trinajstić information content (AvgIpc) is 2.46. The van der Waals surface area contributed by atoms with Gasteiger partial charge in [-0.1, -0.05) is 19.1 Å². The lowest BCUT2D eigenvalue weighted by Crippen LogP contribution is -2.46. The zero-order valence-corrected chi connectivity index (χ0v) is 13.6. The molecule has 1 aliphatic rings. The number of likely N-dealkylation sites (N-methyl/N-ethyl adjacent to an activating group) is 1. The van der Waals surface area contributed by atoms with Gasteiger partial charge in [-0.2, -0.15) is 13.2 Å². The Hall–Kier alpha value is -1.11. The summed E-state index contributed by atoms with van der Waals surface area (Å²) >= 11 is 0. The molecule has 0 bridgehead atoms. The molecule has 1 heterocycles. The molecule has 3 nitrogen and oxygen atoms in total. The SMILES string of the molecule is C[C@@H](CN(C)CC1(O)CCOCC1)c1ccc(C(F)(F)F)cc1. The van der Waals surface area contributed by atoms with Gasteiger partial charge in [0.2, 0.25) is 0 Å². The highest BCUT2D eigenvalue weighted by Crippen LogP contribution is 2.30. The van der Waals surface area contributed by atoms with E-state index in [2.05, 4.69) is 0 Å². The molecule has 0 aromatic heterocycles. The van der Waals surface area contributed by atoms with Crippen LogP contribution in [0.25, 0.3) is 0 Å². The van der Waals surface area contributed by atoms with Gasteiger partial charge in [-0.3, -0.25) is 0 Å². The molecule has 0 aliphatic carbocycles. The van der Waals surface area contributed by atoms with Crippen molar-refractivity contribution in [1.29, 1.82) is 0 Å². The quantitative estimate of drug-likeness (QED) is 0.899. The van der Waals surface area contributed by atoms with Crippen LogP contribution in [0.2, 0.25) is 0 Å². The van der Waals surface area contributed by atoms with Crippen LogP contribution in [0, 0.1) is 0 Å². The lowest BCUT2D eigenvalue weighted by Gasteiger charge is -2.36. The van der Waals surface area contributed by atoms with Crippen molar-refractivity contribution in [1.82, 2.24) is 4.90 Å². The van der Waals surface area contributed by atoms with Crippen molar-refractivity contribution in [2.24, 2.45) is 0 Å². The molecule has 23 heavy (non-hydrogen) atoms. The van der Waals surface area contributed by atoms with E-state index in [0.29, 0.717) is 39.1 Å². The molecule has 0 radical (unpaired) electrons. The first kappa shape index (κ1) is 18.2. The van der Waals surface area contributed by atoms with Crippen LogP contribution in [0.3, 0.4) is 0 Å². The van der Waals surface area contributed by atoms with Gasteiger partial charge in [-0.25, -0.2) is 0 Å². The molecular weight excluding hydrogens is 307 g/mol. The molecule has 0 amide bonds. The standard InChI is InChI=1S/C17H24F3NO2/c1-13(14-3-5-15(6-4-14)17(18,19)20)11-21(2)12-16(22)7-9-23-10-8-16/h3-6,13,22H,7-12H2,1-2H3/t13-/m0/s1. The molecule has 1 aliphatic heterocycles. The Morgan fingerprint density at radius 3 is 2.30 bits per heavy atom. The number of benzene rings is 1. The second kappa shape index (κ2) is 7.20. The Labute approximate surface area is 135 Å². The Bertz CT molecular complexity index is 496. The summed E-state index contributed by atoms with van der Waals surface area (Å²) in [6.45, 7) is 4.33. The number of aliphatic hydroxyl groups is 1. The third-order valence-corrected chi connectivity index (χ3v) is 4.38. The summed E-state index contributed by atoms with van der Waals surface area (Å²) < 4.78 is 43.0. The highest BCUT2D eigenvalue weighted by Gasteiger charge is 2.32. The van der Waals surface area contributed by atoms with E-state index in [1.165, 1.54) is 12.1 Å². The Morgan fingerprint density at radius 2 is 1.78 bits per heavy atom. The second-order valence-electron chi connectivity index (χ2n) is 6.55. The van der Waals surface area contributed by atoms with Crippen LogP contribution in [0.15, 0.2) is 24.3 Å². The molecule has 0 saturated carbocycles.